The number of rotatable bonds is 8. The van der Waals surface area contributed by atoms with Crippen LogP contribution in [0.2, 0.25) is 0 Å². The monoisotopic (exact) mass is 303 g/mol. The van der Waals surface area contributed by atoms with E-state index in [-0.39, 0.29) is 23.5 Å². The average Bonchev–Trinajstić information content (AvgIpc) is 2.82. The third-order valence-electron chi connectivity index (χ3n) is 2.54. The number of amides is 1. The van der Waals surface area contributed by atoms with Crippen molar-refractivity contribution in [3.8, 4) is 0 Å². The van der Waals surface area contributed by atoms with E-state index in [2.05, 4.69) is 20.3 Å². The molecule has 1 atom stereocenters. The second-order valence-corrected chi connectivity index (χ2v) is 6.18. The first-order valence-electron chi connectivity index (χ1n) is 6.33. The Balaban J connectivity index is 2.41. The van der Waals surface area contributed by atoms with Gasteiger partial charge in [0.25, 0.3) is 10.0 Å². The van der Waals surface area contributed by atoms with Crippen LogP contribution in [-0.2, 0) is 21.9 Å². The molecule has 1 amide bonds. The van der Waals surface area contributed by atoms with Gasteiger partial charge in [-0.3, -0.25) is 4.79 Å². The van der Waals surface area contributed by atoms with Crippen molar-refractivity contribution in [2.75, 3.05) is 19.6 Å². The van der Waals surface area contributed by atoms with Gasteiger partial charge in [-0.15, -0.1) is 0 Å². The zero-order valence-corrected chi connectivity index (χ0v) is 12.7. The molecule has 1 aromatic rings. The van der Waals surface area contributed by atoms with Gasteiger partial charge in [0.15, 0.2) is 5.03 Å². The van der Waals surface area contributed by atoms with E-state index >= 15 is 0 Å². The molecule has 0 radical (unpaired) electrons. The molecule has 0 saturated heterocycles. The Morgan fingerprint density at radius 2 is 2.20 bits per heavy atom. The second-order valence-electron chi connectivity index (χ2n) is 4.46. The summed E-state index contributed by atoms with van der Waals surface area (Å²) in [6, 6.07) is 0.136. The molecule has 0 bridgehead atoms. The highest BCUT2D eigenvalue weighted by molar-refractivity contribution is 7.89. The van der Waals surface area contributed by atoms with Crippen LogP contribution in [0.15, 0.2) is 17.6 Å². The van der Waals surface area contributed by atoms with Gasteiger partial charge in [0.1, 0.15) is 0 Å². The number of imidazole rings is 1. The summed E-state index contributed by atoms with van der Waals surface area (Å²) in [7, 11) is -2.07. The van der Waals surface area contributed by atoms with Crippen LogP contribution in [0, 0.1) is 0 Å². The zero-order chi connectivity index (χ0) is 15.2. The van der Waals surface area contributed by atoms with Crippen molar-refractivity contribution in [1.82, 2.24) is 24.9 Å². The molecule has 114 valence electrons. The highest BCUT2D eigenvalue weighted by Crippen LogP contribution is 2.02. The molecular formula is C11H21N5O3S. The summed E-state index contributed by atoms with van der Waals surface area (Å²) in [5.41, 5.74) is 0. The lowest BCUT2D eigenvalue weighted by Crippen LogP contribution is -2.43. The molecule has 0 saturated carbocycles. The third kappa shape index (κ3) is 5.27. The standard InChI is InChI=1S/C11H21N5O3S/c1-4-12-9(2)5-13-10(17)6-15-20(18,19)11-7-16(3)8-14-11/h7-9,12,15H,4-6H2,1-3H3,(H,13,17)/t9-/m1/s1. The Hall–Kier alpha value is -1.45. The van der Waals surface area contributed by atoms with Crippen molar-refractivity contribution >= 4 is 15.9 Å². The number of sulfonamides is 1. The first-order valence-corrected chi connectivity index (χ1v) is 7.81. The first-order chi connectivity index (χ1) is 9.35. The number of carbonyl (C=O) groups excluding carboxylic acids is 1. The molecule has 0 aliphatic heterocycles. The predicted molar refractivity (Wildman–Crippen MR) is 74.5 cm³/mol. The van der Waals surface area contributed by atoms with Crippen molar-refractivity contribution < 1.29 is 13.2 Å². The van der Waals surface area contributed by atoms with Crippen LogP contribution in [0.1, 0.15) is 13.8 Å². The Morgan fingerprint density at radius 3 is 2.75 bits per heavy atom. The third-order valence-corrected chi connectivity index (χ3v) is 3.82. The van der Waals surface area contributed by atoms with Crippen LogP contribution in [-0.4, -0.2) is 49.6 Å². The molecule has 8 nitrogen and oxygen atoms in total. The van der Waals surface area contributed by atoms with Crippen molar-refractivity contribution in [2.45, 2.75) is 24.9 Å². The molecule has 0 aliphatic rings. The largest absolute Gasteiger partial charge is 0.353 e. The number of likely N-dealkylation sites (N-methyl/N-ethyl adjacent to an activating group) is 1. The second kappa shape index (κ2) is 7.36. The summed E-state index contributed by atoms with van der Waals surface area (Å²) in [5, 5.41) is 5.68. The minimum Gasteiger partial charge on any atom is -0.353 e. The van der Waals surface area contributed by atoms with E-state index < -0.39 is 10.0 Å². The summed E-state index contributed by atoms with van der Waals surface area (Å²) < 4.78 is 27.4. The van der Waals surface area contributed by atoms with E-state index in [1.165, 1.54) is 17.1 Å². The fourth-order valence-corrected chi connectivity index (χ4v) is 2.47. The summed E-state index contributed by atoms with van der Waals surface area (Å²) in [6.45, 7) is 4.85. The van der Waals surface area contributed by atoms with Crippen molar-refractivity contribution in [2.24, 2.45) is 7.05 Å². The van der Waals surface area contributed by atoms with Gasteiger partial charge in [0.05, 0.1) is 12.9 Å². The number of nitrogens with zero attached hydrogens (tertiary/aromatic N) is 2. The average molecular weight is 303 g/mol. The minimum absolute atomic E-state index is 0.103. The first kappa shape index (κ1) is 16.6. The Labute approximate surface area is 119 Å². The summed E-state index contributed by atoms with van der Waals surface area (Å²) in [4.78, 5) is 15.3. The van der Waals surface area contributed by atoms with Crippen molar-refractivity contribution in [3.63, 3.8) is 0 Å². The van der Waals surface area contributed by atoms with Crippen molar-refractivity contribution in [1.29, 1.82) is 0 Å². The van der Waals surface area contributed by atoms with E-state index in [1.807, 2.05) is 13.8 Å². The fourth-order valence-electron chi connectivity index (χ4n) is 1.51. The molecule has 0 fully saturated rings. The van der Waals surface area contributed by atoms with Crippen LogP contribution in [0.3, 0.4) is 0 Å². The highest BCUT2D eigenvalue weighted by Gasteiger charge is 2.18. The van der Waals surface area contributed by atoms with Gasteiger partial charge in [-0.05, 0) is 13.5 Å². The maximum Gasteiger partial charge on any atom is 0.260 e. The maximum absolute atomic E-state index is 11.8. The predicted octanol–water partition coefficient (Wildman–Crippen LogP) is -1.19. The normalized spacial score (nSPS) is 13.2. The van der Waals surface area contributed by atoms with Gasteiger partial charge in [-0.1, -0.05) is 6.92 Å². The number of hydrogen-bond donors (Lipinski definition) is 3. The van der Waals surface area contributed by atoms with E-state index in [9.17, 15) is 13.2 Å². The highest BCUT2D eigenvalue weighted by atomic mass is 32.2. The minimum atomic E-state index is -3.74. The number of aromatic nitrogens is 2. The number of hydrogen-bond acceptors (Lipinski definition) is 5. The topological polar surface area (TPSA) is 105 Å². The molecular weight excluding hydrogens is 282 g/mol. The Bertz CT molecular complexity index is 540. The van der Waals surface area contributed by atoms with Gasteiger partial charge in [-0.25, -0.2) is 18.1 Å². The van der Waals surface area contributed by atoms with E-state index in [0.717, 1.165) is 6.54 Å². The van der Waals surface area contributed by atoms with Crippen LogP contribution < -0.4 is 15.4 Å². The van der Waals surface area contributed by atoms with Gasteiger partial charge in [0, 0.05) is 25.8 Å². The summed E-state index contributed by atoms with van der Waals surface area (Å²) in [5.74, 6) is -0.380. The summed E-state index contributed by atoms with van der Waals surface area (Å²) >= 11 is 0. The van der Waals surface area contributed by atoms with Crippen LogP contribution in [0.25, 0.3) is 0 Å². The SMILES string of the molecule is CCN[C@H](C)CNC(=O)CNS(=O)(=O)c1cn(C)cn1. The molecule has 20 heavy (non-hydrogen) atoms. The molecule has 1 heterocycles. The Morgan fingerprint density at radius 1 is 1.50 bits per heavy atom. The molecule has 9 heteroatoms. The fraction of sp³-hybridized carbons (Fsp3) is 0.636. The van der Waals surface area contributed by atoms with Gasteiger partial charge in [0.2, 0.25) is 5.91 Å². The molecule has 0 aromatic carbocycles. The zero-order valence-electron chi connectivity index (χ0n) is 11.9. The smallest absolute Gasteiger partial charge is 0.260 e. The molecule has 0 aliphatic carbocycles. The molecule has 1 aromatic heterocycles. The lowest BCUT2D eigenvalue weighted by Gasteiger charge is -2.13. The number of nitrogens with one attached hydrogen (secondary N) is 3. The molecule has 1 rings (SSSR count). The van der Waals surface area contributed by atoms with Crippen LogP contribution in [0.5, 0.6) is 0 Å². The lowest BCUT2D eigenvalue weighted by atomic mass is 10.3. The maximum atomic E-state index is 11.8. The number of aryl methyl sites for hydroxylation is 1. The molecule has 0 unspecified atom stereocenters. The molecule has 3 N–H and O–H groups in total. The van der Waals surface area contributed by atoms with E-state index in [4.69, 9.17) is 0 Å². The quantitative estimate of drug-likeness (QED) is 0.560. The van der Waals surface area contributed by atoms with E-state index in [0.29, 0.717) is 6.54 Å². The van der Waals surface area contributed by atoms with Crippen LogP contribution in [0.4, 0.5) is 0 Å². The van der Waals surface area contributed by atoms with Gasteiger partial charge in [-0.2, -0.15) is 0 Å². The molecule has 0 spiro atoms. The Kier molecular flexibility index (Phi) is 6.11. The van der Waals surface area contributed by atoms with E-state index in [1.54, 1.807) is 7.05 Å². The lowest BCUT2D eigenvalue weighted by molar-refractivity contribution is -0.120. The van der Waals surface area contributed by atoms with Gasteiger partial charge >= 0.3 is 0 Å². The van der Waals surface area contributed by atoms with Gasteiger partial charge < -0.3 is 15.2 Å². The summed E-state index contributed by atoms with van der Waals surface area (Å²) in [6.07, 6.45) is 2.75. The van der Waals surface area contributed by atoms with Crippen molar-refractivity contribution in [3.05, 3.63) is 12.5 Å². The number of carbonyl (C=O) groups is 1. The van der Waals surface area contributed by atoms with Crippen LogP contribution >= 0.6 is 0 Å².